The van der Waals surface area contributed by atoms with Gasteiger partial charge in [-0.1, -0.05) is 0 Å². The summed E-state index contributed by atoms with van der Waals surface area (Å²) in [6, 6.07) is 1.28. The molecule has 70 valence electrons. The van der Waals surface area contributed by atoms with Gasteiger partial charge in [0, 0.05) is 12.4 Å². The Balaban J connectivity index is 0.000000424. The molecule has 0 saturated carbocycles. The van der Waals surface area contributed by atoms with Gasteiger partial charge in [-0.2, -0.15) is 0 Å². The van der Waals surface area contributed by atoms with Gasteiger partial charge in [-0.3, -0.25) is 0 Å². The molecule has 0 amide bonds. The molecule has 0 radical (unpaired) electrons. The van der Waals surface area contributed by atoms with Gasteiger partial charge in [-0.25, -0.2) is 14.8 Å². The minimum atomic E-state index is -0.963. The molecular weight excluding hydrogens is 184 g/mol. The van der Waals surface area contributed by atoms with Crippen LogP contribution in [0.25, 0.3) is 0 Å². The molecule has 0 aliphatic heterocycles. The summed E-state index contributed by atoms with van der Waals surface area (Å²) in [6.07, 6.45) is 2.71. The molecule has 0 fully saturated rings. The van der Waals surface area contributed by atoms with Crippen LogP contribution < -0.4 is 4.84 Å². The van der Waals surface area contributed by atoms with Crippen molar-refractivity contribution in [3.63, 3.8) is 0 Å². The van der Waals surface area contributed by atoms with Gasteiger partial charge in [0.25, 0.3) is 0 Å². The molecule has 0 spiro atoms. The van der Waals surface area contributed by atoms with Crippen molar-refractivity contribution in [2.45, 2.75) is 0 Å². The van der Waals surface area contributed by atoms with E-state index in [0.717, 1.165) is 0 Å². The number of nitrogens with zero attached hydrogens (tertiary/aromatic N) is 4. The van der Waals surface area contributed by atoms with E-state index >= 15 is 0 Å². The summed E-state index contributed by atoms with van der Waals surface area (Å²) in [7, 11) is 0. The molecule has 1 rings (SSSR count). The zero-order valence-corrected chi connectivity index (χ0v) is 6.10. The Kier molecular flexibility index (Phi) is 5.25. The van der Waals surface area contributed by atoms with Gasteiger partial charge in [0.15, 0.2) is 5.34 Å². The minimum Gasteiger partial charge on any atom is -0.379 e. The van der Waals surface area contributed by atoms with Crippen LogP contribution in [0.1, 0.15) is 0 Å². The highest BCUT2D eigenvalue weighted by atomic mass is 17.0. The Morgan fingerprint density at radius 3 is 2.38 bits per heavy atom. The van der Waals surface area contributed by atoms with E-state index in [-0.39, 0.29) is 6.01 Å². The average molecular weight is 188 g/mol. The van der Waals surface area contributed by atoms with Gasteiger partial charge in [-0.05, 0) is 6.07 Å². The average Bonchev–Trinajstić information content (AvgIpc) is 2.06. The fraction of sp³-hybridized carbons (Fsp3) is 0. The van der Waals surface area contributed by atoms with E-state index in [0.29, 0.717) is 0 Å². The lowest BCUT2D eigenvalue weighted by Crippen LogP contribution is -2.05. The second-order valence-corrected chi connectivity index (χ2v) is 1.43. The second-order valence-electron chi connectivity index (χ2n) is 1.43. The summed E-state index contributed by atoms with van der Waals surface area (Å²) in [5.41, 5.74) is 0. The maximum atomic E-state index is 9.67. The van der Waals surface area contributed by atoms with Crippen molar-refractivity contribution in [1.82, 2.24) is 9.97 Å². The first-order valence-corrected chi connectivity index (χ1v) is 2.76. The summed E-state index contributed by atoms with van der Waals surface area (Å²) in [4.78, 5) is 28.6. The molecule has 13 heavy (non-hydrogen) atoms. The van der Waals surface area contributed by atoms with Gasteiger partial charge in [0.1, 0.15) is 0 Å². The predicted octanol–water partition coefficient (Wildman–Crippen LogP) is 0.189. The van der Waals surface area contributed by atoms with E-state index < -0.39 is 5.09 Å². The third kappa shape index (κ3) is 6.09. The first kappa shape index (κ1) is 10.7. The van der Waals surface area contributed by atoms with Gasteiger partial charge < -0.3 is 5.21 Å². The number of hydrogen-bond donors (Lipinski definition) is 1. The van der Waals surface area contributed by atoms with Crippen LogP contribution in [0.4, 0.5) is 0 Å². The molecule has 1 aromatic rings. The molecule has 1 N–H and O–H groups in total. The zero-order valence-electron chi connectivity index (χ0n) is 6.10. The van der Waals surface area contributed by atoms with Crippen LogP contribution in [0.15, 0.2) is 23.8 Å². The molecule has 9 heteroatoms. The van der Waals surface area contributed by atoms with Crippen molar-refractivity contribution in [2.24, 2.45) is 5.34 Å². The first-order valence-electron chi connectivity index (χ1n) is 2.76. The Labute approximate surface area is 71.0 Å². The van der Waals surface area contributed by atoms with Crippen LogP contribution in [0.5, 0.6) is 6.01 Å². The van der Waals surface area contributed by atoms with E-state index in [1.165, 1.54) is 23.8 Å². The second kappa shape index (κ2) is 6.39. The first-order chi connectivity index (χ1) is 6.20. The van der Waals surface area contributed by atoms with Crippen molar-refractivity contribution >= 4 is 0 Å². The highest BCUT2D eigenvalue weighted by Crippen LogP contribution is 1.95. The van der Waals surface area contributed by atoms with Gasteiger partial charge >= 0.3 is 11.1 Å². The molecule has 0 unspecified atom stereocenters. The largest absolute Gasteiger partial charge is 0.379 e. The van der Waals surface area contributed by atoms with Crippen LogP contribution >= 0.6 is 0 Å². The Hall–Kier alpha value is -2.32. The topological polar surface area (TPSA) is 128 Å². The molecule has 9 nitrogen and oxygen atoms in total. The molecule has 0 atom stereocenters. The smallest absolute Gasteiger partial charge is 0.308 e. The van der Waals surface area contributed by atoms with Crippen LogP contribution in [0.3, 0.4) is 0 Å². The lowest BCUT2D eigenvalue weighted by atomic mass is 10.7. The number of rotatable bonds is 2. The van der Waals surface area contributed by atoms with Crippen molar-refractivity contribution < 1.29 is 15.1 Å². The molecule has 0 saturated heterocycles. The van der Waals surface area contributed by atoms with Crippen molar-refractivity contribution in [1.29, 1.82) is 0 Å². The van der Waals surface area contributed by atoms with Crippen LogP contribution in [0, 0.1) is 15.0 Å². The standard InChI is InChI=1S/C4H3N3O3.HNO2/c8-7(9)10-4-5-2-1-3-6-4;2-1-3/h1-3H;(H,2,3). The summed E-state index contributed by atoms with van der Waals surface area (Å²) >= 11 is 0. The SMILES string of the molecule is O=NO.O=[N+]([O-])Oc1ncccn1. The Bertz CT molecular complexity index is 264. The molecule has 0 aromatic carbocycles. The van der Waals surface area contributed by atoms with Crippen molar-refractivity contribution in [2.75, 3.05) is 0 Å². The Morgan fingerprint density at radius 2 is 2.00 bits per heavy atom. The summed E-state index contributed by atoms with van der Waals surface area (Å²) in [5, 5.41) is 16.6. The normalized spacial score (nSPS) is 7.69. The van der Waals surface area contributed by atoms with Gasteiger partial charge in [0.2, 0.25) is 0 Å². The van der Waals surface area contributed by atoms with Gasteiger partial charge in [-0.15, -0.1) is 15.0 Å². The fourth-order valence-electron chi connectivity index (χ4n) is 0.399. The highest BCUT2D eigenvalue weighted by molar-refractivity contribution is 4.91. The summed E-state index contributed by atoms with van der Waals surface area (Å²) in [6.45, 7) is 0. The van der Waals surface area contributed by atoms with E-state index in [1.54, 1.807) is 0 Å². The monoisotopic (exact) mass is 188 g/mol. The van der Waals surface area contributed by atoms with Gasteiger partial charge in [0.05, 0.1) is 0 Å². The third-order valence-corrected chi connectivity index (χ3v) is 0.698. The van der Waals surface area contributed by atoms with Crippen LogP contribution in [-0.2, 0) is 0 Å². The summed E-state index contributed by atoms with van der Waals surface area (Å²) in [5.74, 6) is 0. The predicted molar refractivity (Wildman–Crippen MR) is 37.2 cm³/mol. The van der Waals surface area contributed by atoms with Crippen LogP contribution in [0.2, 0.25) is 0 Å². The minimum absolute atomic E-state index is 0.257. The quantitative estimate of drug-likeness (QED) is 0.398. The zero-order chi connectivity index (χ0) is 10.1. The molecule has 1 heterocycles. The fourth-order valence-corrected chi connectivity index (χ4v) is 0.399. The molecule has 0 bridgehead atoms. The van der Waals surface area contributed by atoms with E-state index in [9.17, 15) is 10.1 Å². The lowest BCUT2D eigenvalue weighted by Gasteiger charge is -1.91. The third-order valence-electron chi connectivity index (χ3n) is 0.698. The number of hydrogen-bond acceptors (Lipinski definition) is 7. The Morgan fingerprint density at radius 1 is 1.54 bits per heavy atom. The van der Waals surface area contributed by atoms with E-state index in [2.05, 4.69) is 14.8 Å². The maximum absolute atomic E-state index is 9.67. The number of aromatic nitrogens is 2. The van der Waals surface area contributed by atoms with E-state index in [1.807, 2.05) is 0 Å². The molecule has 0 aliphatic rings. The maximum Gasteiger partial charge on any atom is 0.308 e. The molecule has 0 aliphatic carbocycles. The van der Waals surface area contributed by atoms with Crippen molar-refractivity contribution in [3.05, 3.63) is 33.5 Å². The van der Waals surface area contributed by atoms with Crippen molar-refractivity contribution in [3.8, 4) is 6.01 Å². The highest BCUT2D eigenvalue weighted by Gasteiger charge is 1.98. The lowest BCUT2D eigenvalue weighted by molar-refractivity contribution is -0.713. The molecule has 1 aromatic heterocycles. The van der Waals surface area contributed by atoms with Crippen LogP contribution in [-0.4, -0.2) is 20.3 Å². The molecular formula is C4H4N4O5. The van der Waals surface area contributed by atoms with E-state index in [4.69, 9.17) is 10.1 Å². The summed E-state index contributed by atoms with van der Waals surface area (Å²) < 4.78 is 0.